The molecule has 0 amide bonds. The maximum atomic E-state index is 3.31. The number of hydrogen-bond donors (Lipinski definition) is 1. The summed E-state index contributed by atoms with van der Waals surface area (Å²) in [6.07, 6.45) is 2.28. The molecule has 1 atom stereocenters. The van der Waals surface area contributed by atoms with Crippen molar-refractivity contribution in [2.75, 3.05) is 7.05 Å². The van der Waals surface area contributed by atoms with Gasteiger partial charge in [0.1, 0.15) is 0 Å². The molecule has 1 N–H and O–H groups in total. The van der Waals surface area contributed by atoms with Crippen LogP contribution in [0.25, 0.3) is 0 Å². The Hall–Kier alpha value is -0.820. The van der Waals surface area contributed by atoms with Crippen molar-refractivity contribution in [1.82, 2.24) is 5.32 Å². The van der Waals surface area contributed by atoms with Crippen molar-refractivity contribution >= 4 is 0 Å². The van der Waals surface area contributed by atoms with E-state index in [9.17, 15) is 0 Å². The molecule has 1 nitrogen and oxygen atoms in total. The van der Waals surface area contributed by atoms with Crippen molar-refractivity contribution in [3.63, 3.8) is 0 Å². The Bertz CT molecular complexity index is 311. The molecule has 0 aliphatic heterocycles. The maximum absolute atomic E-state index is 3.31. The molecule has 0 radical (unpaired) electrons. The number of aryl methyl sites for hydroxylation is 1. The van der Waals surface area contributed by atoms with Gasteiger partial charge in [0, 0.05) is 6.04 Å². The van der Waals surface area contributed by atoms with Crippen LogP contribution in [0.5, 0.6) is 0 Å². The topological polar surface area (TPSA) is 12.0 Å². The zero-order valence-electron chi connectivity index (χ0n) is 11.3. The molecule has 0 saturated heterocycles. The van der Waals surface area contributed by atoms with E-state index in [4.69, 9.17) is 0 Å². The minimum Gasteiger partial charge on any atom is -0.317 e. The van der Waals surface area contributed by atoms with Gasteiger partial charge in [0.15, 0.2) is 0 Å². The van der Waals surface area contributed by atoms with Crippen LogP contribution in [0.3, 0.4) is 0 Å². The Morgan fingerprint density at radius 1 is 1.19 bits per heavy atom. The Labute approximate surface area is 100 Å². The van der Waals surface area contributed by atoms with Crippen LogP contribution >= 0.6 is 0 Å². The van der Waals surface area contributed by atoms with Crippen molar-refractivity contribution in [3.05, 3.63) is 35.4 Å². The number of nitrogens with one attached hydrogen (secondary N) is 1. The fourth-order valence-corrected chi connectivity index (χ4v) is 2.18. The van der Waals surface area contributed by atoms with Gasteiger partial charge in [-0.2, -0.15) is 0 Å². The van der Waals surface area contributed by atoms with E-state index >= 15 is 0 Å². The van der Waals surface area contributed by atoms with Crippen LogP contribution < -0.4 is 5.32 Å². The van der Waals surface area contributed by atoms with Gasteiger partial charge in [0.05, 0.1) is 0 Å². The van der Waals surface area contributed by atoms with Crippen LogP contribution in [0.1, 0.15) is 45.2 Å². The number of hydrogen-bond acceptors (Lipinski definition) is 1. The molecule has 0 fully saturated rings. The summed E-state index contributed by atoms with van der Waals surface area (Å²) < 4.78 is 0. The van der Waals surface area contributed by atoms with E-state index in [-0.39, 0.29) is 5.41 Å². The van der Waals surface area contributed by atoms with Crippen molar-refractivity contribution in [2.24, 2.45) is 0 Å². The highest BCUT2D eigenvalue weighted by molar-refractivity contribution is 5.28. The highest BCUT2D eigenvalue weighted by Crippen LogP contribution is 2.28. The molecule has 90 valence electrons. The van der Waals surface area contributed by atoms with Crippen LogP contribution in [0.15, 0.2) is 24.3 Å². The fourth-order valence-electron chi connectivity index (χ4n) is 2.18. The Balaban J connectivity index is 2.80. The summed E-state index contributed by atoms with van der Waals surface area (Å²) in [5, 5.41) is 3.31. The van der Waals surface area contributed by atoms with Gasteiger partial charge in [-0.05, 0) is 43.4 Å². The summed E-state index contributed by atoms with van der Waals surface area (Å²) in [5.41, 5.74) is 3.10. The minimum absolute atomic E-state index is 0.245. The first kappa shape index (κ1) is 13.2. The highest BCUT2D eigenvalue weighted by Gasteiger charge is 2.22. The average molecular weight is 219 g/mol. The minimum atomic E-state index is 0.245. The van der Waals surface area contributed by atoms with Crippen molar-refractivity contribution < 1.29 is 0 Å². The third kappa shape index (κ3) is 3.34. The van der Waals surface area contributed by atoms with E-state index < -0.39 is 0 Å². The highest BCUT2D eigenvalue weighted by atomic mass is 14.9. The molecule has 0 spiro atoms. The predicted octanol–water partition coefficient (Wildman–Crippen LogP) is 3.52. The summed E-state index contributed by atoms with van der Waals surface area (Å²) >= 11 is 0. The van der Waals surface area contributed by atoms with Crippen LogP contribution in [-0.2, 0) is 11.8 Å². The van der Waals surface area contributed by atoms with Crippen LogP contribution in [-0.4, -0.2) is 13.1 Å². The Morgan fingerprint density at radius 2 is 1.75 bits per heavy atom. The molecule has 0 aliphatic carbocycles. The second-order valence-corrected chi connectivity index (χ2v) is 5.33. The van der Waals surface area contributed by atoms with Crippen molar-refractivity contribution in [3.8, 4) is 0 Å². The molecule has 0 saturated carbocycles. The predicted molar refractivity (Wildman–Crippen MR) is 72.0 cm³/mol. The maximum Gasteiger partial charge on any atom is 0.00440 e. The van der Waals surface area contributed by atoms with Gasteiger partial charge in [-0.3, -0.25) is 0 Å². The zero-order valence-corrected chi connectivity index (χ0v) is 11.3. The van der Waals surface area contributed by atoms with E-state index in [0.29, 0.717) is 6.04 Å². The van der Waals surface area contributed by atoms with Gasteiger partial charge in [0.25, 0.3) is 0 Å². The van der Waals surface area contributed by atoms with Crippen molar-refractivity contribution in [2.45, 2.75) is 52.0 Å². The van der Waals surface area contributed by atoms with Gasteiger partial charge in [-0.1, -0.05) is 45.0 Å². The van der Waals surface area contributed by atoms with Gasteiger partial charge in [-0.25, -0.2) is 0 Å². The third-order valence-corrected chi connectivity index (χ3v) is 3.45. The van der Waals surface area contributed by atoms with E-state index in [1.165, 1.54) is 11.1 Å². The zero-order chi connectivity index (χ0) is 12.2. The van der Waals surface area contributed by atoms with Gasteiger partial charge >= 0.3 is 0 Å². The van der Waals surface area contributed by atoms with Gasteiger partial charge in [-0.15, -0.1) is 0 Å². The Morgan fingerprint density at radius 3 is 2.19 bits per heavy atom. The lowest BCUT2D eigenvalue weighted by Gasteiger charge is -2.28. The SMILES string of the molecule is CCc1ccc(C(C)(C)CC(C)NC)cc1. The lowest BCUT2D eigenvalue weighted by atomic mass is 9.79. The first-order valence-corrected chi connectivity index (χ1v) is 6.26. The summed E-state index contributed by atoms with van der Waals surface area (Å²) in [7, 11) is 2.03. The lowest BCUT2D eigenvalue weighted by molar-refractivity contribution is 0.405. The molecular weight excluding hydrogens is 194 g/mol. The largest absolute Gasteiger partial charge is 0.317 e. The third-order valence-electron chi connectivity index (χ3n) is 3.45. The summed E-state index contributed by atoms with van der Waals surface area (Å²) in [5.74, 6) is 0. The van der Waals surface area contributed by atoms with Crippen LogP contribution in [0, 0.1) is 0 Å². The first-order chi connectivity index (χ1) is 7.49. The van der Waals surface area contributed by atoms with Crippen LogP contribution in [0.2, 0.25) is 0 Å². The molecule has 0 aromatic heterocycles. The van der Waals surface area contributed by atoms with Gasteiger partial charge in [0.2, 0.25) is 0 Å². The first-order valence-electron chi connectivity index (χ1n) is 6.26. The molecule has 1 rings (SSSR count). The average Bonchev–Trinajstić information content (AvgIpc) is 2.28. The van der Waals surface area contributed by atoms with E-state index in [0.717, 1.165) is 12.8 Å². The molecule has 0 heterocycles. The molecule has 1 heteroatoms. The second-order valence-electron chi connectivity index (χ2n) is 5.33. The lowest BCUT2D eigenvalue weighted by Crippen LogP contribution is -2.30. The molecule has 1 aromatic rings. The standard InChI is InChI=1S/C15H25N/c1-6-13-7-9-14(10-8-13)15(3,4)11-12(2)16-5/h7-10,12,16H,6,11H2,1-5H3. The van der Waals surface area contributed by atoms with Gasteiger partial charge < -0.3 is 5.32 Å². The summed E-state index contributed by atoms with van der Waals surface area (Å²) in [6, 6.07) is 9.62. The molecular formula is C15H25N. The smallest absolute Gasteiger partial charge is 0.00440 e. The molecule has 1 unspecified atom stereocenters. The Kier molecular flexibility index (Phi) is 4.55. The molecule has 0 bridgehead atoms. The van der Waals surface area contributed by atoms with Crippen LogP contribution in [0.4, 0.5) is 0 Å². The normalized spacial score (nSPS) is 13.8. The van der Waals surface area contributed by atoms with E-state index in [1.807, 2.05) is 7.05 Å². The van der Waals surface area contributed by atoms with E-state index in [2.05, 4.69) is 57.3 Å². The summed E-state index contributed by atoms with van der Waals surface area (Å²) in [6.45, 7) is 9.08. The second kappa shape index (κ2) is 5.49. The quantitative estimate of drug-likeness (QED) is 0.799. The summed E-state index contributed by atoms with van der Waals surface area (Å²) in [4.78, 5) is 0. The number of rotatable bonds is 5. The van der Waals surface area contributed by atoms with Crippen molar-refractivity contribution in [1.29, 1.82) is 0 Å². The molecule has 1 aromatic carbocycles. The fraction of sp³-hybridized carbons (Fsp3) is 0.600. The molecule has 16 heavy (non-hydrogen) atoms. The monoisotopic (exact) mass is 219 g/mol. The molecule has 0 aliphatic rings. The van der Waals surface area contributed by atoms with E-state index in [1.54, 1.807) is 0 Å². The number of benzene rings is 1.